The molecular formula is C12H15FN4O4. The van der Waals surface area contributed by atoms with Crippen LogP contribution in [-0.4, -0.2) is 54.8 Å². The minimum atomic E-state index is -1.28. The standard InChI is InChI=1S/C12H15FN4O4/c13-1-5-2-15-11(14)7-8(5)17(4-16-7)12-10(20)9(19)6(3-18)21-12/h2,4,6,9-10,12,18-20H,1,3H2,(H2,14,15)/t6-,9-,10-,12?/m1/s1. The Labute approximate surface area is 118 Å². The van der Waals surface area contributed by atoms with E-state index in [-0.39, 0.29) is 11.4 Å². The number of fused-ring (bicyclic) bond motifs is 1. The molecule has 1 aliphatic heterocycles. The summed E-state index contributed by atoms with van der Waals surface area (Å²) >= 11 is 0. The molecule has 8 nitrogen and oxygen atoms in total. The highest BCUT2D eigenvalue weighted by Gasteiger charge is 2.43. The van der Waals surface area contributed by atoms with E-state index in [4.69, 9.17) is 15.6 Å². The number of nitrogens with zero attached hydrogens (tertiary/aromatic N) is 3. The van der Waals surface area contributed by atoms with Crippen molar-refractivity contribution in [3.05, 3.63) is 18.1 Å². The van der Waals surface area contributed by atoms with Gasteiger partial charge >= 0.3 is 0 Å². The second-order valence-corrected chi connectivity index (χ2v) is 4.88. The van der Waals surface area contributed by atoms with Gasteiger partial charge in [0.1, 0.15) is 30.5 Å². The first-order valence-corrected chi connectivity index (χ1v) is 6.36. The number of imidazole rings is 1. The topological polar surface area (TPSA) is 127 Å². The summed E-state index contributed by atoms with van der Waals surface area (Å²) in [6.07, 6.45) is -1.81. The molecule has 114 valence electrons. The Morgan fingerprint density at radius 1 is 1.33 bits per heavy atom. The van der Waals surface area contributed by atoms with E-state index in [2.05, 4.69) is 9.97 Å². The Morgan fingerprint density at radius 2 is 2.10 bits per heavy atom. The maximum Gasteiger partial charge on any atom is 0.164 e. The molecule has 1 aliphatic rings. The van der Waals surface area contributed by atoms with Crippen LogP contribution in [0.25, 0.3) is 11.0 Å². The van der Waals surface area contributed by atoms with Gasteiger partial charge in [-0.15, -0.1) is 0 Å². The molecule has 1 saturated heterocycles. The second kappa shape index (κ2) is 5.19. The first-order chi connectivity index (χ1) is 10.1. The third-order valence-corrected chi connectivity index (χ3v) is 3.64. The molecule has 4 atom stereocenters. The monoisotopic (exact) mass is 298 g/mol. The van der Waals surface area contributed by atoms with Crippen molar-refractivity contribution in [2.75, 3.05) is 12.3 Å². The first kappa shape index (κ1) is 14.1. The van der Waals surface area contributed by atoms with Crippen molar-refractivity contribution in [2.45, 2.75) is 31.2 Å². The van der Waals surface area contributed by atoms with Crippen LogP contribution in [0.4, 0.5) is 10.2 Å². The normalized spacial score (nSPS) is 29.3. The van der Waals surface area contributed by atoms with Crippen LogP contribution in [0.5, 0.6) is 0 Å². The highest BCUT2D eigenvalue weighted by Crippen LogP contribution is 2.33. The van der Waals surface area contributed by atoms with Gasteiger partial charge in [-0.3, -0.25) is 0 Å². The van der Waals surface area contributed by atoms with Crippen LogP contribution in [0.2, 0.25) is 0 Å². The number of aromatic nitrogens is 3. The van der Waals surface area contributed by atoms with Crippen molar-refractivity contribution in [1.82, 2.24) is 14.5 Å². The van der Waals surface area contributed by atoms with E-state index in [9.17, 15) is 14.6 Å². The zero-order valence-electron chi connectivity index (χ0n) is 10.9. The van der Waals surface area contributed by atoms with Gasteiger partial charge in [-0.25, -0.2) is 14.4 Å². The van der Waals surface area contributed by atoms with Crippen molar-refractivity contribution >= 4 is 16.9 Å². The van der Waals surface area contributed by atoms with E-state index in [1.54, 1.807) is 0 Å². The Balaban J connectivity index is 2.11. The molecule has 5 N–H and O–H groups in total. The van der Waals surface area contributed by atoms with Crippen molar-refractivity contribution < 1.29 is 24.4 Å². The van der Waals surface area contributed by atoms with E-state index in [1.165, 1.54) is 17.1 Å². The molecule has 0 aromatic carbocycles. The predicted molar refractivity (Wildman–Crippen MR) is 69.8 cm³/mol. The number of pyridine rings is 1. The summed E-state index contributed by atoms with van der Waals surface area (Å²) in [6, 6.07) is 0. The van der Waals surface area contributed by atoms with Crippen molar-refractivity contribution in [2.24, 2.45) is 0 Å². The third-order valence-electron chi connectivity index (χ3n) is 3.64. The van der Waals surface area contributed by atoms with Crippen LogP contribution in [0, 0.1) is 0 Å². The summed E-state index contributed by atoms with van der Waals surface area (Å²) in [5.41, 5.74) is 6.59. The van der Waals surface area contributed by atoms with Gasteiger partial charge in [0, 0.05) is 11.8 Å². The van der Waals surface area contributed by atoms with Crippen molar-refractivity contribution in [3.63, 3.8) is 0 Å². The molecule has 0 bridgehead atoms. The lowest BCUT2D eigenvalue weighted by atomic mass is 10.1. The van der Waals surface area contributed by atoms with Crippen LogP contribution in [-0.2, 0) is 11.4 Å². The molecule has 3 heterocycles. The van der Waals surface area contributed by atoms with Crippen molar-refractivity contribution in [3.8, 4) is 0 Å². The quantitative estimate of drug-likeness (QED) is 0.578. The average molecular weight is 298 g/mol. The van der Waals surface area contributed by atoms with Crippen molar-refractivity contribution in [1.29, 1.82) is 0 Å². The van der Waals surface area contributed by atoms with E-state index in [1.807, 2.05) is 0 Å². The lowest BCUT2D eigenvalue weighted by Gasteiger charge is -2.18. The summed E-state index contributed by atoms with van der Waals surface area (Å²) in [6.45, 7) is -1.23. The number of hydrogen-bond acceptors (Lipinski definition) is 7. The van der Waals surface area contributed by atoms with E-state index in [0.717, 1.165) is 0 Å². The lowest BCUT2D eigenvalue weighted by molar-refractivity contribution is -0.0509. The van der Waals surface area contributed by atoms with Crippen LogP contribution >= 0.6 is 0 Å². The minimum Gasteiger partial charge on any atom is -0.394 e. The molecule has 1 fully saturated rings. The van der Waals surface area contributed by atoms with Crippen LogP contribution < -0.4 is 5.73 Å². The van der Waals surface area contributed by atoms with Crippen LogP contribution in [0.3, 0.4) is 0 Å². The molecular weight excluding hydrogens is 283 g/mol. The molecule has 1 unspecified atom stereocenters. The number of aliphatic hydroxyl groups is 3. The fraction of sp³-hybridized carbons (Fsp3) is 0.500. The summed E-state index contributed by atoms with van der Waals surface area (Å²) in [5.74, 6) is 0.132. The van der Waals surface area contributed by atoms with Gasteiger partial charge in [0.25, 0.3) is 0 Å². The molecule has 0 radical (unpaired) electrons. The zero-order valence-corrected chi connectivity index (χ0v) is 10.9. The van der Waals surface area contributed by atoms with Gasteiger partial charge in [-0.2, -0.15) is 0 Å². The SMILES string of the molecule is Nc1ncc(CF)c2c1ncn2C1O[C@H](CO)[C@@H](O)[C@H]1O. The molecule has 0 spiro atoms. The summed E-state index contributed by atoms with van der Waals surface area (Å²) in [4.78, 5) is 7.91. The van der Waals surface area contributed by atoms with Crippen LogP contribution in [0.15, 0.2) is 12.5 Å². The number of aliphatic hydroxyl groups excluding tert-OH is 3. The summed E-state index contributed by atoms with van der Waals surface area (Å²) in [5, 5.41) is 29.0. The predicted octanol–water partition coefficient (Wildman–Crippen LogP) is -0.906. The highest BCUT2D eigenvalue weighted by atomic mass is 19.1. The van der Waals surface area contributed by atoms with Gasteiger partial charge in [0.05, 0.1) is 18.5 Å². The fourth-order valence-corrected chi connectivity index (χ4v) is 2.54. The van der Waals surface area contributed by atoms with Crippen LogP contribution in [0.1, 0.15) is 11.8 Å². The third kappa shape index (κ3) is 2.05. The average Bonchev–Trinajstić information content (AvgIpc) is 3.04. The molecule has 21 heavy (non-hydrogen) atoms. The Bertz CT molecular complexity index is 664. The highest BCUT2D eigenvalue weighted by molar-refractivity contribution is 5.87. The number of alkyl halides is 1. The summed E-state index contributed by atoms with van der Waals surface area (Å²) < 4.78 is 19.9. The molecule has 3 rings (SSSR count). The largest absolute Gasteiger partial charge is 0.394 e. The van der Waals surface area contributed by atoms with Gasteiger partial charge in [-0.05, 0) is 0 Å². The molecule has 0 aliphatic carbocycles. The molecule has 9 heteroatoms. The smallest absolute Gasteiger partial charge is 0.164 e. The maximum atomic E-state index is 13.1. The fourth-order valence-electron chi connectivity index (χ4n) is 2.54. The molecule has 2 aromatic heterocycles. The number of anilines is 1. The minimum absolute atomic E-state index is 0.132. The number of ether oxygens (including phenoxy) is 1. The Morgan fingerprint density at radius 3 is 2.71 bits per heavy atom. The van der Waals surface area contributed by atoms with Gasteiger partial charge in [0.2, 0.25) is 0 Å². The molecule has 0 amide bonds. The van der Waals surface area contributed by atoms with E-state index < -0.39 is 37.8 Å². The molecule has 2 aromatic rings. The maximum absolute atomic E-state index is 13.1. The molecule has 0 saturated carbocycles. The first-order valence-electron chi connectivity index (χ1n) is 6.36. The van der Waals surface area contributed by atoms with E-state index in [0.29, 0.717) is 11.0 Å². The van der Waals surface area contributed by atoms with Gasteiger partial charge < -0.3 is 30.4 Å². The number of halogens is 1. The number of nitrogen functional groups attached to an aromatic ring is 1. The Kier molecular flexibility index (Phi) is 3.49. The number of nitrogens with two attached hydrogens (primary N) is 1. The summed E-state index contributed by atoms with van der Waals surface area (Å²) in [7, 11) is 0. The van der Waals surface area contributed by atoms with E-state index >= 15 is 0 Å². The number of hydrogen-bond donors (Lipinski definition) is 4. The van der Waals surface area contributed by atoms with Gasteiger partial charge in [-0.1, -0.05) is 0 Å². The lowest BCUT2D eigenvalue weighted by Crippen LogP contribution is -2.33. The zero-order chi connectivity index (χ0) is 15.1. The Hall–Kier alpha value is -1.81. The second-order valence-electron chi connectivity index (χ2n) is 4.88. The van der Waals surface area contributed by atoms with Gasteiger partial charge in [0.15, 0.2) is 12.0 Å². The number of rotatable bonds is 3.